The molecule has 0 bridgehead atoms. The van der Waals surface area contributed by atoms with Gasteiger partial charge in [0.15, 0.2) is 0 Å². The van der Waals surface area contributed by atoms with Crippen molar-refractivity contribution in [2.45, 2.75) is 17.6 Å². The quantitative estimate of drug-likeness (QED) is 0.809. The first-order valence-corrected chi connectivity index (χ1v) is 5.57. The first kappa shape index (κ1) is 10.1. The van der Waals surface area contributed by atoms with Gasteiger partial charge in [-0.25, -0.2) is 0 Å². The number of phenolic OH excluding ortho intramolecular Hbond substituents is 1. The summed E-state index contributed by atoms with van der Waals surface area (Å²) in [6.07, 6.45) is 0. The van der Waals surface area contributed by atoms with Crippen molar-refractivity contribution in [1.29, 1.82) is 0 Å². The van der Waals surface area contributed by atoms with Crippen molar-refractivity contribution >= 4 is 11.8 Å². The second kappa shape index (κ2) is 4.40. The number of thioether (sulfide) groups is 1. The van der Waals surface area contributed by atoms with Gasteiger partial charge in [0.1, 0.15) is 11.5 Å². The number of aromatic hydroxyl groups is 1. The predicted molar refractivity (Wildman–Crippen MR) is 58.9 cm³/mol. The fraction of sp³-hybridized carbons (Fsp3) is 0.182. The summed E-state index contributed by atoms with van der Waals surface area (Å²) in [6, 6.07) is 9.15. The van der Waals surface area contributed by atoms with E-state index in [1.165, 1.54) is 11.8 Å². The standard InChI is InChI=1S/C11H11NO2S/c1-8-6-9(14-12-8)7-15-11-5-3-2-4-10(11)13/h2-6,13H,7H2,1H3. The monoisotopic (exact) mass is 221 g/mol. The fourth-order valence-corrected chi connectivity index (χ4v) is 2.04. The maximum Gasteiger partial charge on any atom is 0.147 e. The van der Waals surface area contributed by atoms with Gasteiger partial charge in [0.05, 0.1) is 11.4 Å². The zero-order valence-electron chi connectivity index (χ0n) is 8.30. The highest BCUT2D eigenvalue weighted by molar-refractivity contribution is 7.98. The summed E-state index contributed by atoms with van der Waals surface area (Å²) in [4.78, 5) is 0.853. The van der Waals surface area contributed by atoms with Crippen LogP contribution in [-0.4, -0.2) is 10.3 Å². The van der Waals surface area contributed by atoms with Crippen LogP contribution in [0.4, 0.5) is 0 Å². The van der Waals surface area contributed by atoms with Gasteiger partial charge < -0.3 is 9.63 Å². The third-order valence-electron chi connectivity index (χ3n) is 1.91. The van der Waals surface area contributed by atoms with E-state index in [2.05, 4.69) is 5.16 Å². The van der Waals surface area contributed by atoms with E-state index in [4.69, 9.17) is 4.52 Å². The summed E-state index contributed by atoms with van der Waals surface area (Å²) >= 11 is 1.53. The molecule has 0 atom stereocenters. The van der Waals surface area contributed by atoms with E-state index >= 15 is 0 Å². The van der Waals surface area contributed by atoms with Gasteiger partial charge in [0.25, 0.3) is 0 Å². The number of nitrogens with zero attached hydrogens (tertiary/aromatic N) is 1. The van der Waals surface area contributed by atoms with E-state index in [1.807, 2.05) is 25.1 Å². The van der Waals surface area contributed by atoms with Crippen LogP contribution in [-0.2, 0) is 5.75 Å². The van der Waals surface area contributed by atoms with Crippen LogP contribution in [0.2, 0.25) is 0 Å². The number of aromatic nitrogens is 1. The molecule has 15 heavy (non-hydrogen) atoms. The highest BCUT2D eigenvalue weighted by Gasteiger charge is 2.04. The molecule has 0 aliphatic carbocycles. The van der Waals surface area contributed by atoms with E-state index in [0.717, 1.165) is 16.3 Å². The Bertz CT molecular complexity index is 453. The number of hydrogen-bond acceptors (Lipinski definition) is 4. The molecule has 0 aliphatic rings. The highest BCUT2D eigenvalue weighted by Crippen LogP contribution is 2.30. The summed E-state index contributed by atoms with van der Waals surface area (Å²) in [5.74, 6) is 1.80. The van der Waals surface area contributed by atoms with Crippen molar-refractivity contribution < 1.29 is 9.63 Å². The lowest BCUT2D eigenvalue weighted by Gasteiger charge is -2.00. The Hall–Kier alpha value is -1.42. The molecule has 0 saturated heterocycles. The van der Waals surface area contributed by atoms with Crippen molar-refractivity contribution in [3.05, 3.63) is 41.8 Å². The zero-order valence-corrected chi connectivity index (χ0v) is 9.12. The van der Waals surface area contributed by atoms with Crippen molar-refractivity contribution in [2.24, 2.45) is 0 Å². The van der Waals surface area contributed by atoms with E-state index in [0.29, 0.717) is 11.5 Å². The summed E-state index contributed by atoms with van der Waals surface area (Å²) in [5.41, 5.74) is 0.878. The maximum atomic E-state index is 9.53. The Kier molecular flexibility index (Phi) is 2.97. The van der Waals surface area contributed by atoms with Gasteiger partial charge in [-0.05, 0) is 19.1 Å². The fourth-order valence-electron chi connectivity index (χ4n) is 1.21. The van der Waals surface area contributed by atoms with Crippen LogP contribution in [0.3, 0.4) is 0 Å². The van der Waals surface area contributed by atoms with Gasteiger partial charge >= 0.3 is 0 Å². The Labute approximate surface area is 92.1 Å². The van der Waals surface area contributed by atoms with Crippen LogP contribution in [0.1, 0.15) is 11.5 Å². The molecule has 2 rings (SSSR count). The van der Waals surface area contributed by atoms with Crippen molar-refractivity contribution in [3.63, 3.8) is 0 Å². The molecule has 1 aromatic heterocycles. The summed E-state index contributed by atoms with van der Waals surface area (Å²) in [7, 11) is 0. The molecule has 1 N–H and O–H groups in total. The number of para-hydroxylation sites is 1. The molecule has 0 radical (unpaired) electrons. The Morgan fingerprint density at radius 1 is 1.40 bits per heavy atom. The Balaban J connectivity index is 2.02. The number of aryl methyl sites for hydroxylation is 1. The Morgan fingerprint density at radius 2 is 2.20 bits per heavy atom. The molecular weight excluding hydrogens is 210 g/mol. The van der Waals surface area contributed by atoms with E-state index in [9.17, 15) is 5.11 Å². The second-order valence-corrected chi connectivity index (χ2v) is 4.21. The average Bonchev–Trinajstić information content (AvgIpc) is 2.63. The highest BCUT2D eigenvalue weighted by atomic mass is 32.2. The Morgan fingerprint density at radius 3 is 2.87 bits per heavy atom. The third kappa shape index (κ3) is 2.53. The lowest BCUT2D eigenvalue weighted by Crippen LogP contribution is -1.77. The van der Waals surface area contributed by atoms with Crippen LogP contribution in [0.25, 0.3) is 0 Å². The molecule has 78 valence electrons. The van der Waals surface area contributed by atoms with Crippen LogP contribution in [0.5, 0.6) is 5.75 Å². The zero-order chi connectivity index (χ0) is 10.7. The molecule has 2 aromatic rings. The summed E-state index contributed by atoms with van der Waals surface area (Å²) in [5, 5.41) is 13.3. The lowest BCUT2D eigenvalue weighted by atomic mass is 10.3. The van der Waals surface area contributed by atoms with E-state index in [1.54, 1.807) is 12.1 Å². The average molecular weight is 221 g/mol. The van der Waals surface area contributed by atoms with Gasteiger partial charge in [-0.3, -0.25) is 0 Å². The largest absolute Gasteiger partial charge is 0.507 e. The van der Waals surface area contributed by atoms with Gasteiger partial charge in [-0.15, -0.1) is 11.8 Å². The van der Waals surface area contributed by atoms with E-state index in [-0.39, 0.29) is 0 Å². The first-order chi connectivity index (χ1) is 7.25. The molecule has 1 aromatic carbocycles. The summed E-state index contributed by atoms with van der Waals surface area (Å²) in [6.45, 7) is 1.89. The predicted octanol–water partition coefficient (Wildman–Crippen LogP) is 2.98. The minimum absolute atomic E-state index is 0.304. The molecule has 0 spiro atoms. The SMILES string of the molecule is Cc1cc(CSc2ccccc2O)on1. The molecule has 3 nitrogen and oxygen atoms in total. The topological polar surface area (TPSA) is 46.3 Å². The number of phenols is 1. The third-order valence-corrected chi connectivity index (χ3v) is 3.00. The van der Waals surface area contributed by atoms with Crippen LogP contribution in [0, 0.1) is 6.92 Å². The molecular formula is C11H11NO2S. The van der Waals surface area contributed by atoms with Crippen LogP contribution in [0.15, 0.2) is 39.8 Å². The smallest absolute Gasteiger partial charge is 0.147 e. The molecule has 0 fully saturated rings. The number of hydrogen-bond donors (Lipinski definition) is 1. The van der Waals surface area contributed by atoms with Crippen LogP contribution >= 0.6 is 11.8 Å². The lowest BCUT2D eigenvalue weighted by molar-refractivity contribution is 0.391. The number of rotatable bonds is 3. The summed E-state index contributed by atoms with van der Waals surface area (Å²) < 4.78 is 5.07. The van der Waals surface area contributed by atoms with E-state index < -0.39 is 0 Å². The van der Waals surface area contributed by atoms with Crippen molar-refractivity contribution in [3.8, 4) is 5.75 Å². The van der Waals surface area contributed by atoms with Gasteiger partial charge in [-0.2, -0.15) is 0 Å². The molecule has 0 amide bonds. The van der Waals surface area contributed by atoms with Gasteiger partial charge in [-0.1, -0.05) is 17.3 Å². The number of benzene rings is 1. The molecule has 0 unspecified atom stereocenters. The molecule has 0 saturated carbocycles. The first-order valence-electron chi connectivity index (χ1n) is 4.58. The van der Waals surface area contributed by atoms with Crippen molar-refractivity contribution in [1.82, 2.24) is 5.16 Å². The normalized spacial score (nSPS) is 10.5. The minimum Gasteiger partial charge on any atom is -0.507 e. The second-order valence-electron chi connectivity index (χ2n) is 3.19. The minimum atomic E-state index is 0.304. The van der Waals surface area contributed by atoms with Crippen LogP contribution < -0.4 is 0 Å². The molecule has 1 heterocycles. The van der Waals surface area contributed by atoms with Crippen molar-refractivity contribution in [2.75, 3.05) is 0 Å². The molecule has 4 heteroatoms. The molecule has 0 aliphatic heterocycles. The van der Waals surface area contributed by atoms with Gasteiger partial charge in [0.2, 0.25) is 0 Å². The maximum absolute atomic E-state index is 9.53. The van der Waals surface area contributed by atoms with Gasteiger partial charge in [0, 0.05) is 11.0 Å².